The van der Waals surface area contributed by atoms with Gasteiger partial charge in [0.2, 0.25) is 5.91 Å². The van der Waals surface area contributed by atoms with Gasteiger partial charge in [-0.3, -0.25) is 9.79 Å². The van der Waals surface area contributed by atoms with Crippen LogP contribution in [0.5, 0.6) is 0 Å². The fourth-order valence-electron chi connectivity index (χ4n) is 4.36. The molecular formula is C23H33N5O3. The lowest BCUT2D eigenvalue weighted by atomic mass is 10.1. The molecule has 2 fully saturated rings. The number of fused-ring (bicyclic) bond motifs is 1. The van der Waals surface area contributed by atoms with Crippen LogP contribution < -0.4 is 5.32 Å². The second kappa shape index (κ2) is 8.77. The van der Waals surface area contributed by atoms with E-state index in [0.717, 1.165) is 25.5 Å². The Morgan fingerprint density at radius 2 is 1.97 bits per heavy atom. The Labute approximate surface area is 184 Å². The largest absolute Gasteiger partial charge is 0.444 e. The minimum absolute atomic E-state index is 0.182. The van der Waals surface area contributed by atoms with Crippen LogP contribution in [0.1, 0.15) is 44.7 Å². The number of likely N-dealkylation sites (tertiary alicyclic amines) is 1. The van der Waals surface area contributed by atoms with E-state index in [-0.39, 0.29) is 18.0 Å². The Bertz CT molecular complexity index is 863. The maximum atomic E-state index is 12.4. The first-order valence-corrected chi connectivity index (χ1v) is 11.2. The second-order valence-electron chi connectivity index (χ2n) is 9.48. The zero-order chi connectivity index (χ0) is 22.0. The Kier molecular flexibility index (Phi) is 6.07. The summed E-state index contributed by atoms with van der Waals surface area (Å²) in [6, 6.07) is 8.45. The molecule has 0 saturated carbocycles. The van der Waals surface area contributed by atoms with E-state index in [9.17, 15) is 9.59 Å². The van der Waals surface area contributed by atoms with Crippen molar-refractivity contribution in [3.63, 3.8) is 0 Å². The number of hydrogen-bond acceptors (Lipinski definition) is 6. The van der Waals surface area contributed by atoms with Crippen molar-refractivity contribution in [1.82, 2.24) is 20.0 Å². The van der Waals surface area contributed by atoms with Gasteiger partial charge in [0.1, 0.15) is 5.60 Å². The van der Waals surface area contributed by atoms with Gasteiger partial charge in [-0.1, -0.05) is 24.3 Å². The van der Waals surface area contributed by atoms with Gasteiger partial charge >= 0.3 is 6.09 Å². The van der Waals surface area contributed by atoms with Gasteiger partial charge in [-0.05, 0) is 38.3 Å². The number of guanidine groups is 1. The van der Waals surface area contributed by atoms with Crippen LogP contribution in [0.15, 0.2) is 29.3 Å². The Morgan fingerprint density at radius 1 is 1.19 bits per heavy atom. The van der Waals surface area contributed by atoms with Crippen molar-refractivity contribution in [2.24, 2.45) is 4.99 Å². The lowest BCUT2D eigenvalue weighted by Gasteiger charge is -2.39. The van der Waals surface area contributed by atoms with Crippen molar-refractivity contribution in [2.75, 3.05) is 32.7 Å². The standard InChI is InChI=1S/C23H33N5O3/c1-23(2,3)31-22(30)27-11-12-28-19(16-27)14-25-21(28)24-13-17-7-4-5-8-18(17)15-26-10-6-9-20(26)29/h4-5,7-8,19H,6,9-16H2,1-3H3,(H,24,25). The lowest BCUT2D eigenvalue weighted by molar-refractivity contribution is -0.128. The molecule has 0 spiro atoms. The van der Waals surface area contributed by atoms with Crippen molar-refractivity contribution in [2.45, 2.75) is 58.3 Å². The van der Waals surface area contributed by atoms with E-state index >= 15 is 0 Å². The summed E-state index contributed by atoms with van der Waals surface area (Å²) in [4.78, 5) is 35.1. The van der Waals surface area contributed by atoms with E-state index in [1.807, 2.05) is 37.8 Å². The molecule has 1 atom stereocenters. The monoisotopic (exact) mass is 427 g/mol. The first-order valence-electron chi connectivity index (χ1n) is 11.2. The van der Waals surface area contributed by atoms with Gasteiger partial charge in [0, 0.05) is 45.7 Å². The fourth-order valence-corrected chi connectivity index (χ4v) is 4.36. The number of hydrogen-bond donors (Lipinski definition) is 1. The smallest absolute Gasteiger partial charge is 0.410 e. The summed E-state index contributed by atoms with van der Waals surface area (Å²) in [5.74, 6) is 1.13. The third-order valence-corrected chi connectivity index (χ3v) is 5.95. The molecule has 8 heteroatoms. The summed E-state index contributed by atoms with van der Waals surface area (Å²) >= 11 is 0. The van der Waals surface area contributed by atoms with Gasteiger partial charge in [0.15, 0.2) is 5.96 Å². The first kappa shape index (κ1) is 21.5. The number of nitrogens with zero attached hydrogens (tertiary/aromatic N) is 4. The van der Waals surface area contributed by atoms with Crippen LogP contribution >= 0.6 is 0 Å². The summed E-state index contributed by atoms with van der Waals surface area (Å²) < 4.78 is 5.52. The summed E-state index contributed by atoms with van der Waals surface area (Å²) in [7, 11) is 0. The van der Waals surface area contributed by atoms with E-state index in [4.69, 9.17) is 9.73 Å². The summed E-state index contributed by atoms with van der Waals surface area (Å²) in [6.07, 6.45) is 1.36. The average molecular weight is 428 g/mol. The molecule has 3 heterocycles. The number of rotatable bonds is 4. The molecule has 0 bridgehead atoms. The van der Waals surface area contributed by atoms with Gasteiger partial charge in [0.05, 0.1) is 12.6 Å². The third kappa shape index (κ3) is 5.11. The molecule has 0 aromatic heterocycles. The van der Waals surface area contributed by atoms with Crippen LogP contribution in [0.4, 0.5) is 4.79 Å². The molecule has 2 saturated heterocycles. The molecule has 168 valence electrons. The van der Waals surface area contributed by atoms with E-state index in [0.29, 0.717) is 39.1 Å². The van der Waals surface area contributed by atoms with Crippen molar-refractivity contribution in [3.8, 4) is 0 Å². The molecule has 1 unspecified atom stereocenters. The number of amides is 2. The number of nitrogens with one attached hydrogen (secondary N) is 1. The Balaban J connectivity index is 1.32. The molecule has 2 amide bonds. The minimum atomic E-state index is -0.486. The summed E-state index contributed by atoms with van der Waals surface area (Å²) in [5.41, 5.74) is 1.87. The van der Waals surface area contributed by atoms with Crippen LogP contribution in [0.2, 0.25) is 0 Å². The van der Waals surface area contributed by atoms with Crippen molar-refractivity contribution in [3.05, 3.63) is 35.4 Å². The van der Waals surface area contributed by atoms with Crippen LogP contribution in [-0.2, 0) is 22.6 Å². The number of benzene rings is 1. The molecule has 0 aliphatic carbocycles. The second-order valence-corrected chi connectivity index (χ2v) is 9.48. The Hall–Kier alpha value is -2.77. The highest BCUT2D eigenvalue weighted by molar-refractivity contribution is 5.82. The number of piperazine rings is 1. The highest BCUT2D eigenvalue weighted by Gasteiger charge is 2.36. The van der Waals surface area contributed by atoms with Crippen LogP contribution in [-0.4, -0.2) is 77.0 Å². The topological polar surface area (TPSA) is 77.5 Å². The van der Waals surface area contributed by atoms with Crippen LogP contribution in [0, 0.1) is 0 Å². The van der Waals surface area contributed by atoms with Gasteiger partial charge in [-0.25, -0.2) is 4.79 Å². The number of ether oxygens (including phenoxy) is 1. The average Bonchev–Trinajstić information content (AvgIpc) is 3.31. The summed E-state index contributed by atoms with van der Waals surface area (Å²) in [6.45, 7) is 10.5. The zero-order valence-electron chi connectivity index (χ0n) is 18.8. The molecular weight excluding hydrogens is 394 g/mol. The van der Waals surface area contributed by atoms with Gasteiger partial charge in [0.25, 0.3) is 0 Å². The minimum Gasteiger partial charge on any atom is -0.444 e. The first-order chi connectivity index (χ1) is 14.8. The Morgan fingerprint density at radius 3 is 2.68 bits per heavy atom. The molecule has 8 nitrogen and oxygen atoms in total. The van der Waals surface area contributed by atoms with Crippen molar-refractivity contribution in [1.29, 1.82) is 0 Å². The van der Waals surface area contributed by atoms with Gasteiger partial charge < -0.3 is 24.8 Å². The number of carbonyl (C=O) groups is 2. The fraction of sp³-hybridized carbons (Fsp3) is 0.609. The maximum absolute atomic E-state index is 12.4. The van der Waals surface area contributed by atoms with Crippen LogP contribution in [0.25, 0.3) is 0 Å². The highest BCUT2D eigenvalue weighted by Crippen LogP contribution is 2.20. The maximum Gasteiger partial charge on any atom is 0.410 e. The lowest BCUT2D eigenvalue weighted by Crippen LogP contribution is -2.57. The van der Waals surface area contributed by atoms with Crippen molar-refractivity contribution < 1.29 is 14.3 Å². The molecule has 1 aromatic rings. The van der Waals surface area contributed by atoms with Crippen LogP contribution in [0.3, 0.4) is 0 Å². The quantitative estimate of drug-likeness (QED) is 0.797. The number of aliphatic imine (C=N–C) groups is 1. The SMILES string of the molecule is CC(C)(C)OC(=O)N1CCN2C(NCc3ccccc3CN3CCCC3=O)=NCC2C1. The normalized spacial score (nSPS) is 21.3. The molecule has 1 N–H and O–H groups in total. The van der Waals surface area contributed by atoms with Gasteiger partial charge in [-0.2, -0.15) is 0 Å². The molecule has 0 radical (unpaired) electrons. The molecule has 31 heavy (non-hydrogen) atoms. The molecule has 1 aromatic carbocycles. The third-order valence-electron chi connectivity index (χ3n) is 5.95. The van der Waals surface area contributed by atoms with E-state index < -0.39 is 5.60 Å². The van der Waals surface area contributed by atoms with E-state index in [1.165, 1.54) is 11.1 Å². The zero-order valence-corrected chi connectivity index (χ0v) is 18.8. The van der Waals surface area contributed by atoms with Crippen molar-refractivity contribution >= 4 is 18.0 Å². The highest BCUT2D eigenvalue weighted by atomic mass is 16.6. The molecule has 3 aliphatic rings. The van der Waals surface area contributed by atoms with E-state index in [1.54, 1.807) is 4.90 Å². The summed E-state index contributed by atoms with van der Waals surface area (Å²) in [5, 5.41) is 3.49. The predicted octanol–water partition coefficient (Wildman–Crippen LogP) is 2.19. The molecule has 4 rings (SSSR count). The number of carbonyl (C=O) groups excluding carboxylic acids is 2. The van der Waals surface area contributed by atoms with Gasteiger partial charge in [-0.15, -0.1) is 0 Å². The predicted molar refractivity (Wildman–Crippen MR) is 119 cm³/mol. The molecule has 3 aliphatic heterocycles. The van der Waals surface area contributed by atoms with E-state index in [2.05, 4.69) is 22.3 Å².